The number of para-hydroxylation sites is 3. The number of pyridine rings is 1. The van der Waals surface area contributed by atoms with Crippen molar-refractivity contribution in [2.75, 3.05) is 0 Å². The number of allylic oxidation sites excluding steroid dienone is 1. The van der Waals surface area contributed by atoms with E-state index >= 15 is 0 Å². The third-order valence-electron chi connectivity index (χ3n) is 4.76. The van der Waals surface area contributed by atoms with Crippen molar-refractivity contribution in [3.05, 3.63) is 96.7 Å². The summed E-state index contributed by atoms with van der Waals surface area (Å²) in [7, 11) is 0. The van der Waals surface area contributed by atoms with Crippen LogP contribution in [0.25, 0.3) is 39.6 Å². The molecule has 1 N–H and O–H groups in total. The Morgan fingerprint density at radius 1 is 1.00 bits per heavy atom. The Bertz CT molecular complexity index is 1360. The zero-order chi connectivity index (χ0) is 20.3. The van der Waals surface area contributed by atoms with Crippen LogP contribution in [-0.4, -0.2) is 24.7 Å². The lowest BCUT2D eigenvalue weighted by molar-refractivity contribution is 0.884. The molecule has 0 aliphatic carbocycles. The highest BCUT2D eigenvalue weighted by atomic mass is 15.3. The van der Waals surface area contributed by atoms with Crippen LogP contribution in [-0.2, 0) is 0 Å². The first-order chi connectivity index (χ1) is 14.8. The highest BCUT2D eigenvalue weighted by molar-refractivity contribution is 5.92. The van der Waals surface area contributed by atoms with Crippen molar-refractivity contribution in [1.29, 1.82) is 5.26 Å². The summed E-state index contributed by atoms with van der Waals surface area (Å²) in [5.74, 6) is 0.531. The molecular weight excluding hydrogens is 372 g/mol. The predicted octanol–water partition coefficient (Wildman–Crippen LogP) is 4.87. The van der Waals surface area contributed by atoms with Crippen molar-refractivity contribution in [3.63, 3.8) is 0 Å². The molecule has 5 aromatic rings. The second-order valence-corrected chi connectivity index (χ2v) is 6.73. The third kappa shape index (κ3) is 3.25. The van der Waals surface area contributed by atoms with Gasteiger partial charge in [-0.15, -0.1) is 0 Å². The fraction of sp³-hybridized carbons (Fsp3) is 0. The van der Waals surface area contributed by atoms with E-state index in [1.807, 2.05) is 83.7 Å². The Labute approximate surface area is 172 Å². The first-order valence-electron chi connectivity index (χ1n) is 9.44. The molecule has 6 heteroatoms. The summed E-state index contributed by atoms with van der Waals surface area (Å²) >= 11 is 0. The fourth-order valence-electron chi connectivity index (χ4n) is 3.32. The van der Waals surface area contributed by atoms with E-state index in [-0.39, 0.29) is 0 Å². The number of hydrogen-bond acceptors (Lipinski definition) is 4. The molecule has 2 aromatic carbocycles. The minimum atomic E-state index is 0.434. The lowest BCUT2D eigenvalue weighted by atomic mass is 10.1. The van der Waals surface area contributed by atoms with Crippen LogP contribution in [0.5, 0.6) is 0 Å². The van der Waals surface area contributed by atoms with Gasteiger partial charge in [0.25, 0.3) is 0 Å². The summed E-state index contributed by atoms with van der Waals surface area (Å²) in [6, 6.07) is 23.7. The van der Waals surface area contributed by atoms with Crippen LogP contribution >= 0.6 is 0 Å². The average Bonchev–Trinajstić information content (AvgIpc) is 3.43. The van der Waals surface area contributed by atoms with Crippen LogP contribution in [0.2, 0.25) is 0 Å². The Morgan fingerprint density at radius 3 is 2.60 bits per heavy atom. The van der Waals surface area contributed by atoms with Gasteiger partial charge in [0.15, 0.2) is 0 Å². The summed E-state index contributed by atoms with van der Waals surface area (Å²) in [6.07, 6.45) is 7.22. The van der Waals surface area contributed by atoms with Gasteiger partial charge in [0.05, 0.1) is 22.3 Å². The molecular formula is C24H16N6. The molecule has 0 unspecified atom stereocenters. The maximum absolute atomic E-state index is 9.83. The van der Waals surface area contributed by atoms with Crippen LogP contribution in [0, 0.1) is 11.3 Å². The van der Waals surface area contributed by atoms with E-state index < -0.39 is 0 Å². The van der Waals surface area contributed by atoms with Gasteiger partial charge < -0.3 is 4.98 Å². The van der Waals surface area contributed by atoms with Crippen LogP contribution in [0.1, 0.15) is 11.4 Å². The summed E-state index contributed by atoms with van der Waals surface area (Å²) in [6.45, 7) is 0. The summed E-state index contributed by atoms with van der Waals surface area (Å²) in [5.41, 5.74) is 5.51. The van der Waals surface area contributed by atoms with Crippen LogP contribution in [0.4, 0.5) is 0 Å². The van der Waals surface area contributed by atoms with Crippen molar-refractivity contribution in [2.24, 2.45) is 0 Å². The lowest BCUT2D eigenvalue weighted by Crippen LogP contribution is -1.94. The largest absolute Gasteiger partial charge is 0.337 e. The molecule has 142 valence electrons. The number of fused-ring (bicyclic) bond motifs is 1. The molecule has 5 rings (SSSR count). The minimum absolute atomic E-state index is 0.434. The Kier molecular flexibility index (Phi) is 4.39. The predicted molar refractivity (Wildman–Crippen MR) is 116 cm³/mol. The molecule has 6 nitrogen and oxygen atoms in total. The molecule has 30 heavy (non-hydrogen) atoms. The highest BCUT2D eigenvalue weighted by Gasteiger charge is 2.14. The number of rotatable bonds is 4. The Hall–Kier alpha value is -4.50. The molecule has 0 amide bonds. The van der Waals surface area contributed by atoms with Crippen molar-refractivity contribution in [1.82, 2.24) is 24.7 Å². The molecule has 0 atom stereocenters. The quantitative estimate of drug-likeness (QED) is 0.445. The summed E-state index contributed by atoms with van der Waals surface area (Å²) < 4.78 is 1.81. The smallest absolute Gasteiger partial charge is 0.149 e. The van der Waals surface area contributed by atoms with Crippen molar-refractivity contribution in [2.45, 2.75) is 0 Å². The number of aromatic nitrogens is 5. The second-order valence-electron chi connectivity index (χ2n) is 6.73. The zero-order valence-corrected chi connectivity index (χ0v) is 15.9. The zero-order valence-electron chi connectivity index (χ0n) is 15.9. The fourth-order valence-corrected chi connectivity index (χ4v) is 3.32. The summed E-state index contributed by atoms with van der Waals surface area (Å²) in [5, 5.41) is 14.6. The molecule has 3 heterocycles. The van der Waals surface area contributed by atoms with Crippen molar-refractivity contribution in [3.8, 4) is 23.0 Å². The first-order valence-corrected chi connectivity index (χ1v) is 9.44. The summed E-state index contributed by atoms with van der Waals surface area (Å²) in [4.78, 5) is 12.0. The van der Waals surface area contributed by atoms with Gasteiger partial charge in [-0.3, -0.25) is 4.98 Å². The topological polar surface area (TPSA) is 83.2 Å². The number of nitrogens with one attached hydrogen (secondary N) is 1. The van der Waals surface area contributed by atoms with Crippen molar-refractivity contribution >= 4 is 22.7 Å². The monoisotopic (exact) mass is 388 g/mol. The molecule has 0 saturated carbocycles. The number of hydrogen-bond donors (Lipinski definition) is 1. The molecule has 0 aliphatic heterocycles. The Balaban J connectivity index is 1.66. The molecule has 0 saturated heterocycles. The van der Waals surface area contributed by atoms with Gasteiger partial charge in [-0.1, -0.05) is 30.3 Å². The second kappa shape index (κ2) is 7.49. The Morgan fingerprint density at radius 2 is 1.83 bits per heavy atom. The van der Waals surface area contributed by atoms with Gasteiger partial charge >= 0.3 is 0 Å². The van der Waals surface area contributed by atoms with Crippen molar-refractivity contribution < 1.29 is 0 Å². The maximum Gasteiger partial charge on any atom is 0.149 e. The van der Waals surface area contributed by atoms with E-state index in [1.54, 1.807) is 12.4 Å². The molecule has 0 aliphatic rings. The van der Waals surface area contributed by atoms with E-state index in [0.717, 1.165) is 33.5 Å². The van der Waals surface area contributed by atoms with Gasteiger partial charge in [0, 0.05) is 29.7 Å². The number of benzene rings is 2. The van der Waals surface area contributed by atoms with Gasteiger partial charge in [0.1, 0.15) is 17.6 Å². The SMILES string of the molecule is N#CC(=Cc1cn(-c2ccccc2)nc1-c1cccnc1)c1nc2ccccc2[nH]1. The average molecular weight is 388 g/mol. The number of nitriles is 1. The van der Waals surface area contributed by atoms with E-state index in [2.05, 4.69) is 21.0 Å². The number of aromatic amines is 1. The molecule has 0 bridgehead atoms. The molecule has 0 spiro atoms. The lowest BCUT2D eigenvalue weighted by Gasteiger charge is -2.00. The minimum Gasteiger partial charge on any atom is -0.337 e. The highest BCUT2D eigenvalue weighted by Crippen LogP contribution is 2.27. The van der Waals surface area contributed by atoms with Crippen LogP contribution in [0.3, 0.4) is 0 Å². The van der Waals surface area contributed by atoms with Crippen LogP contribution in [0.15, 0.2) is 85.3 Å². The third-order valence-corrected chi connectivity index (χ3v) is 4.76. The number of H-pyrrole nitrogens is 1. The van der Waals surface area contributed by atoms with Gasteiger partial charge in [-0.05, 0) is 42.5 Å². The number of imidazole rings is 1. The number of nitrogens with zero attached hydrogens (tertiary/aromatic N) is 5. The van der Waals surface area contributed by atoms with Gasteiger partial charge in [-0.2, -0.15) is 10.4 Å². The normalized spacial score (nSPS) is 11.5. The van der Waals surface area contributed by atoms with E-state index in [1.165, 1.54) is 0 Å². The molecule has 0 fully saturated rings. The molecule has 0 radical (unpaired) electrons. The van der Waals surface area contributed by atoms with E-state index in [9.17, 15) is 5.26 Å². The van der Waals surface area contributed by atoms with Gasteiger partial charge in [0.2, 0.25) is 0 Å². The first kappa shape index (κ1) is 17.6. The maximum atomic E-state index is 9.83. The van der Waals surface area contributed by atoms with E-state index in [4.69, 9.17) is 5.10 Å². The molecule has 3 aromatic heterocycles. The van der Waals surface area contributed by atoms with Gasteiger partial charge in [-0.25, -0.2) is 9.67 Å². The van der Waals surface area contributed by atoms with Crippen LogP contribution < -0.4 is 0 Å². The van der Waals surface area contributed by atoms with E-state index in [0.29, 0.717) is 11.4 Å². The standard InChI is InChI=1S/C24H16N6/c25-14-18(24-27-21-10-4-5-11-22(21)28-24)13-19-16-30(20-8-2-1-3-9-20)29-23(19)17-7-6-12-26-15-17/h1-13,15-16H,(H,27,28).